The highest BCUT2D eigenvalue weighted by molar-refractivity contribution is 5.83. The third-order valence-corrected chi connectivity index (χ3v) is 3.18. The number of carbonyl (C=O) groups excluding carboxylic acids is 2. The summed E-state index contributed by atoms with van der Waals surface area (Å²) in [6, 6.07) is -0.107. The summed E-state index contributed by atoms with van der Waals surface area (Å²) in [7, 11) is 1.74. The molecule has 5 heteroatoms. The first-order chi connectivity index (χ1) is 8.15. The Morgan fingerprint density at radius 2 is 1.76 bits per heavy atom. The number of amides is 3. The van der Waals surface area contributed by atoms with Crippen molar-refractivity contribution in [2.45, 2.75) is 32.6 Å². The van der Waals surface area contributed by atoms with Crippen LogP contribution in [0, 0.1) is 0 Å². The van der Waals surface area contributed by atoms with Crippen molar-refractivity contribution in [3.05, 3.63) is 0 Å². The fourth-order valence-electron chi connectivity index (χ4n) is 1.85. The molecule has 0 radical (unpaired) electrons. The number of rotatable bonds is 3. The number of carbonyl (C=O) groups is 2. The number of nitrogens with zero attached hydrogens (tertiary/aromatic N) is 2. The van der Waals surface area contributed by atoms with Crippen LogP contribution < -0.4 is 5.32 Å². The average Bonchev–Trinajstić information content (AvgIpc) is 2.63. The van der Waals surface area contributed by atoms with Crippen molar-refractivity contribution in [1.29, 1.82) is 0 Å². The molecule has 0 bridgehead atoms. The number of hydrogen-bond donors (Lipinski definition) is 1. The van der Waals surface area contributed by atoms with Crippen molar-refractivity contribution in [3.8, 4) is 0 Å². The molecule has 0 unspecified atom stereocenters. The number of likely N-dealkylation sites (tertiary alicyclic amines) is 1. The lowest BCUT2D eigenvalue weighted by Crippen LogP contribution is -2.45. The zero-order valence-corrected chi connectivity index (χ0v) is 10.9. The van der Waals surface area contributed by atoms with E-state index < -0.39 is 0 Å². The Balaban J connectivity index is 2.30. The first-order valence-electron chi connectivity index (χ1n) is 6.42. The van der Waals surface area contributed by atoms with Gasteiger partial charge in [0.05, 0.1) is 6.54 Å². The van der Waals surface area contributed by atoms with Gasteiger partial charge in [-0.15, -0.1) is 0 Å². The lowest BCUT2D eigenvalue weighted by atomic mass is 10.2. The first-order valence-corrected chi connectivity index (χ1v) is 6.42. The predicted molar refractivity (Wildman–Crippen MR) is 66.8 cm³/mol. The molecule has 0 atom stereocenters. The maximum Gasteiger partial charge on any atom is 0.317 e. The molecule has 0 saturated carbocycles. The van der Waals surface area contributed by atoms with Gasteiger partial charge in [0.25, 0.3) is 0 Å². The molecule has 0 spiro atoms. The molecule has 1 saturated heterocycles. The molecule has 1 heterocycles. The highest BCUT2D eigenvalue weighted by Crippen LogP contribution is 2.09. The summed E-state index contributed by atoms with van der Waals surface area (Å²) in [5, 5.41) is 2.69. The topological polar surface area (TPSA) is 52.7 Å². The van der Waals surface area contributed by atoms with Gasteiger partial charge in [-0.25, -0.2) is 4.79 Å². The van der Waals surface area contributed by atoms with Crippen molar-refractivity contribution < 1.29 is 9.59 Å². The standard InChI is InChI=1S/C12H23N3O2/c1-3-14(2)11(16)10-13-12(17)15-8-6-4-5-7-9-15/h3-10H2,1-2H3,(H,13,17). The van der Waals surface area contributed by atoms with Crippen LogP contribution in [0.5, 0.6) is 0 Å². The molecule has 98 valence electrons. The maximum atomic E-state index is 11.8. The van der Waals surface area contributed by atoms with Crippen LogP contribution in [0.25, 0.3) is 0 Å². The fraction of sp³-hybridized carbons (Fsp3) is 0.833. The number of nitrogens with one attached hydrogen (secondary N) is 1. The van der Waals surface area contributed by atoms with E-state index >= 15 is 0 Å². The molecular formula is C12H23N3O2. The second-order valence-electron chi connectivity index (χ2n) is 4.47. The quantitative estimate of drug-likeness (QED) is 0.803. The Morgan fingerprint density at radius 1 is 1.18 bits per heavy atom. The second-order valence-corrected chi connectivity index (χ2v) is 4.47. The Hall–Kier alpha value is -1.26. The van der Waals surface area contributed by atoms with E-state index in [1.165, 1.54) is 12.8 Å². The van der Waals surface area contributed by atoms with Gasteiger partial charge in [0.1, 0.15) is 0 Å². The van der Waals surface area contributed by atoms with Crippen LogP contribution in [0.4, 0.5) is 4.79 Å². The van der Waals surface area contributed by atoms with Gasteiger partial charge in [-0.05, 0) is 19.8 Å². The molecule has 1 aliphatic heterocycles. The van der Waals surface area contributed by atoms with Gasteiger partial charge >= 0.3 is 6.03 Å². The minimum atomic E-state index is -0.107. The molecule has 17 heavy (non-hydrogen) atoms. The fourth-order valence-corrected chi connectivity index (χ4v) is 1.85. The van der Waals surface area contributed by atoms with Gasteiger partial charge in [-0.1, -0.05) is 12.8 Å². The summed E-state index contributed by atoms with van der Waals surface area (Å²) in [5.41, 5.74) is 0. The van der Waals surface area contributed by atoms with E-state index in [1.54, 1.807) is 11.9 Å². The molecule has 3 amide bonds. The van der Waals surface area contributed by atoms with Crippen LogP contribution in [0.3, 0.4) is 0 Å². The molecule has 0 aliphatic carbocycles. The van der Waals surface area contributed by atoms with E-state index in [9.17, 15) is 9.59 Å². The summed E-state index contributed by atoms with van der Waals surface area (Å²) in [5.74, 6) is -0.0457. The van der Waals surface area contributed by atoms with Gasteiger partial charge in [-0.2, -0.15) is 0 Å². The van der Waals surface area contributed by atoms with Gasteiger partial charge in [0, 0.05) is 26.7 Å². The van der Waals surface area contributed by atoms with E-state index in [-0.39, 0.29) is 18.5 Å². The van der Waals surface area contributed by atoms with Gasteiger partial charge < -0.3 is 15.1 Å². The molecule has 1 N–H and O–H groups in total. The highest BCUT2D eigenvalue weighted by Gasteiger charge is 2.16. The first kappa shape index (κ1) is 13.8. The number of urea groups is 1. The van der Waals surface area contributed by atoms with Crippen molar-refractivity contribution in [3.63, 3.8) is 0 Å². The zero-order valence-electron chi connectivity index (χ0n) is 10.9. The van der Waals surface area contributed by atoms with Crippen molar-refractivity contribution in [1.82, 2.24) is 15.1 Å². The van der Waals surface area contributed by atoms with Crippen LogP contribution in [-0.4, -0.2) is 55.0 Å². The van der Waals surface area contributed by atoms with E-state index in [4.69, 9.17) is 0 Å². The predicted octanol–water partition coefficient (Wildman–Crippen LogP) is 1.05. The number of likely N-dealkylation sites (N-methyl/N-ethyl adjacent to an activating group) is 1. The van der Waals surface area contributed by atoms with Crippen LogP contribution in [0.2, 0.25) is 0 Å². The van der Waals surface area contributed by atoms with Crippen LogP contribution in [0.1, 0.15) is 32.6 Å². The average molecular weight is 241 g/mol. The lowest BCUT2D eigenvalue weighted by Gasteiger charge is -2.21. The van der Waals surface area contributed by atoms with Crippen molar-refractivity contribution in [2.24, 2.45) is 0 Å². The summed E-state index contributed by atoms with van der Waals surface area (Å²) >= 11 is 0. The minimum Gasteiger partial charge on any atom is -0.345 e. The molecule has 1 rings (SSSR count). The van der Waals surface area contributed by atoms with E-state index in [1.807, 2.05) is 11.8 Å². The molecule has 1 aliphatic rings. The Kier molecular flexibility index (Phi) is 5.80. The van der Waals surface area contributed by atoms with Crippen molar-refractivity contribution >= 4 is 11.9 Å². The zero-order chi connectivity index (χ0) is 12.7. The van der Waals surface area contributed by atoms with Gasteiger partial charge in [-0.3, -0.25) is 4.79 Å². The Labute approximate surface area is 103 Å². The van der Waals surface area contributed by atoms with Crippen LogP contribution in [0.15, 0.2) is 0 Å². The molecule has 5 nitrogen and oxygen atoms in total. The minimum absolute atomic E-state index is 0.0457. The molecule has 0 aromatic rings. The van der Waals surface area contributed by atoms with Crippen LogP contribution in [-0.2, 0) is 4.79 Å². The Morgan fingerprint density at radius 3 is 2.29 bits per heavy atom. The van der Waals surface area contributed by atoms with Crippen LogP contribution >= 0.6 is 0 Å². The van der Waals surface area contributed by atoms with Crippen molar-refractivity contribution in [2.75, 3.05) is 33.2 Å². The summed E-state index contributed by atoms with van der Waals surface area (Å²) < 4.78 is 0. The molecule has 1 fully saturated rings. The third-order valence-electron chi connectivity index (χ3n) is 3.18. The van der Waals surface area contributed by atoms with Gasteiger partial charge in [0.2, 0.25) is 5.91 Å². The second kappa shape index (κ2) is 7.14. The molecule has 0 aromatic carbocycles. The summed E-state index contributed by atoms with van der Waals surface area (Å²) in [4.78, 5) is 26.7. The SMILES string of the molecule is CCN(C)C(=O)CNC(=O)N1CCCCCC1. The normalized spacial score (nSPS) is 16.2. The van der Waals surface area contributed by atoms with E-state index in [0.717, 1.165) is 25.9 Å². The monoisotopic (exact) mass is 241 g/mol. The summed E-state index contributed by atoms with van der Waals surface area (Å²) in [6.45, 7) is 4.29. The smallest absolute Gasteiger partial charge is 0.317 e. The maximum absolute atomic E-state index is 11.8. The third kappa shape index (κ3) is 4.63. The molecular weight excluding hydrogens is 218 g/mol. The summed E-state index contributed by atoms with van der Waals surface area (Å²) in [6.07, 6.45) is 4.52. The lowest BCUT2D eigenvalue weighted by molar-refractivity contribution is -0.128. The largest absolute Gasteiger partial charge is 0.345 e. The number of hydrogen-bond acceptors (Lipinski definition) is 2. The molecule has 0 aromatic heterocycles. The van der Waals surface area contributed by atoms with E-state index in [0.29, 0.717) is 6.54 Å². The Bertz CT molecular complexity index is 260. The van der Waals surface area contributed by atoms with Gasteiger partial charge in [0.15, 0.2) is 0 Å². The van der Waals surface area contributed by atoms with E-state index in [2.05, 4.69) is 5.32 Å². The highest BCUT2D eigenvalue weighted by atomic mass is 16.2.